The van der Waals surface area contributed by atoms with Crippen LogP contribution in [-0.2, 0) is 5.54 Å². The second kappa shape index (κ2) is 3.95. The number of hydrogen-bond acceptors (Lipinski definition) is 2. The first-order valence-corrected chi connectivity index (χ1v) is 5.72. The first-order valence-electron chi connectivity index (χ1n) is 5.72. The predicted octanol–water partition coefficient (Wildman–Crippen LogP) is 1.96. The van der Waals surface area contributed by atoms with Crippen LogP contribution in [-0.4, -0.2) is 13.6 Å². The summed E-state index contributed by atoms with van der Waals surface area (Å²) < 4.78 is 0. The number of hydrogen-bond donors (Lipinski definition) is 2. The van der Waals surface area contributed by atoms with Gasteiger partial charge in [0.05, 0.1) is 5.54 Å². The summed E-state index contributed by atoms with van der Waals surface area (Å²) in [6.07, 6.45) is 2.35. The van der Waals surface area contributed by atoms with Gasteiger partial charge in [0, 0.05) is 6.54 Å². The summed E-state index contributed by atoms with van der Waals surface area (Å²) in [5.74, 6) is 0.661. The minimum absolute atomic E-state index is 0.00308. The van der Waals surface area contributed by atoms with E-state index in [0.29, 0.717) is 12.5 Å². The average molecular weight is 204 g/mol. The molecule has 0 aliphatic heterocycles. The van der Waals surface area contributed by atoms with Gasteiger partial charge in [-0.1, -0.05) is 31.2 Å². The Morgan fingerprint density at radius 3 is 2.87 bits per heavy atom. The molecule has 1 aromatic rings. The summed E-state index contributed by atoms with van der Waals surface area (Å²) >= 11 is 0. The Balaban J connectivity index is 2.52. The van der Waals surface area contributed by atoms with E-state index >= 15 is 0 Å². The van der Waals surface area contributed by atoms with E-state index in [1.165, 1.54) is 17.5 Å². The maximum atomic E-state index is 5.95. The van der Waals surface area contributed by atoms with Crippen LogP contribution in [0, 0.1) is 0 Å². The van der Waals surface area contributed by atoms with Crippen molar-refractivity contribution in [3.8, 4) is 0 Å². The van der Waals surface area contributed by atoms with Gasteiger partial charge in [0.25, 0.3) is 0 Å². The van der Waals surface area contributed by atoms with Crippen LogP contribution in [0.5, 0.6) is 0 Å². The van der Waals surface area contributed by atoms with Crippen LogP contribution in [0.3, 0.4) is 0 Å². The quantitative estimate of drug-likeness (QED) is 0.773. The zero-order valence-electron chi connectivity index (χ0n) is 9.59. The zero-order valence-corrected chi connectivity index (χ0v) is 9.59. The third kappa shape index (κ3) is 1.58. The summed E-state index contributed by atoms with van der Waals surface area (Å²) in [7, 11) is 2.01. The highest BCUT2D eigenvalue weighted by Gasteiger charge is 2.35. The van der Waals surface area contributed by atoms with Crippen molar-refractivity contribution in [2.45, 2.75) is 31.2 Å². The van der Waals surface area contributed by atoms with E-state index in [9.17, 15) is 0 Å². The van der Waals surface area contributed by atoms with Crippen molar-refractivity contribution in [2.24, 2.45) is 5.73 Å². The monoisotopic (exact) mass is 204 g/mol. The number of likely N-dealkylation sites (N-methyl/N-ethyl adjacent to an activating group) is 1. The average Bonchev–Trinajstić information content (AvgIpc) is 2.31. The van der Waals surface area contributed by atoms with Gasteiger partial charge in [0.2, 0.25) is 0 Å². The van der Waals surface area contributed by atoms with Gasteiger partial charge in [-0.05, 0) is 36.9 Å². The Morgan fingerprint density at radius 1 is 1.47 bits per heavy atom. The molecule has 2 nitrogen and oxygen atoms in total. The molecular formula is C13H20N2. The van der Waals surface area contributed by atoms with Crippen LogP contribution in [0.4, 0.5) is 0 Å². The minimum Gasteiger partial charge on any atom is -0.328 e. The maximum Gasteiger partial charge on any atom is 0.0559 e. The SMILES string of the molecule is CNC1(CN)CCC(C)c2ccccc21. The highest BCUT2D eigenvalue weighted by molar-refractivity contribution is 5.38. The first kappa shape index (κ1) is 10.7. The molecule has 0 radical (unpaired) electrons. The smallest absolute Gasteiger partial charge is 0.0559 e. The van der Waals surface area contributed by atoms with Crippen molar-refractivity contribution in [1.29, 1.82) is 0 Å². The first-order chi connectivity index (χ1) is 7.23. The van der Waals surface area contributed by atoms with Crippen molar-refractivity contribution >= 4 is 0 Å². The lowest BCUT2D eigenvalue weighted by Crippen LogP contribution is -2.49. The Kier molecular flexibility index (Phi) is 2.81. The summed E-state index contributed by atoms with van der Waals surface area (Å²) in [6.45, 7) is 2.97. The molecule has 0 saturated carbocycles. The minimum atomic E-state index is 0.00308. The van der Waals surface area contributed by atoms with Crippen LogP contribution in [0.25, 0.3) is 0 Å². The van der Waals surface area contributed by atoms with Gasteiger partial charge in [0.1, 0.15) is 0 Å². The van der Waals surface area contributed by atoms with E-state index in [1.807, 2.05) is 7.05 Å². The van der Waals surface area contributed by atoms with Gasteiger partial charge in [-0.3, -0.25) is 0 Å². The van der Waals surface area contributed by atoms with E-state index in [2.05, 4.69) is 36.5 Å². The Bertz CT molecular complexity index is 342. The number of benzene rings is 1. The van der Waals surface area contributed by atoms with Crippen LogP contribution < -0.4 is 11.1 Å². The van der Waals surface area contributed by atoms with Crippen molar-refractivity contribution in [3.63, 3.8) is 0 Å². The molecule has 0 amide bonds. The number of nitrogens with one attached hydrogen (secondary N) is 1. The molecule has 1 aromatic carbocycles. The standard InChI is InChI=1S/C13H20N2/c1-10-7-8-13(9-14,15-2)12-6-4-3-5-11(10)12/h3-6,10,15H,7-9,14H2,1-2H3. The van der Waals surface area contributed by atoms with E-state index in [4.69, 9.17) is 5.73 Å². The lowest BCUT2D eigenvalue weighted by molar-refractivity contribution is 0.300. The Labute approximate surface area is 91.9 Å². The molecule has 2 unspecified atom stereocenters. The van der Waals surface area contributed by atoms with E-state index in [1.54, 1.807) is 0 Å². The van der Waals surface area contributed by atoms with Crippen molar-refractivity contribution in [1.82, 2.24) is 5.32 Å². The molecule has 15 heavy (non-hydrogen) atoms. The summed E-state index contributed by atoms with van der Waals surface area (Å²) in [5.41, 5.74) is 8.81. The molecule has 0 heterocycles. The largest absolute Gasteiger partial charge is 0.328 e. The van der Waals surface area contributed by atoms with Crippen molar-refractivity contribution < 1.29 is 0 Å². The fourth-order valence-corrected chi connectivity index (χ4v) is 2.69. The topological polar surface area (TPSA) is 38.0 Å². The molecule has 2 atom stereocenters. The number of rotatable bonds is 2. The van der Waals surface area contributed by atoms with Gasteiger partial charge in [-0.25, -0.2) is 0 Å². The molecule has 2 heteroatoms. The number of fused-ring (bicyclic) bond motifs is 1. The van der Waals surface area contributed by atoms with Gasteiger partial charge in [-0.15, -0.1) is 0 Å². The summed E-state index contributed by atoms with van der Waals surface area (Å²) in [5, 5.41) is 3.42. The van der Waals surface area contributed by atoms with E-state index in [-0.39, 0.29) is 5.54 Å². The summed E-state index contributed by atoms with van der Waals surface area (Å²) in [6, 6.07) is 8.69. The molecule has 2 rings (SSSR count). The molecule has 3 N–H and O–H groups in total. The van der Waals surface area contributed by atoms with Gasteiger partial charge >= 0.3 is 0 Å². The molecule has 1 aliphatic carbocycles. The Morgan fingerprint density at radius 2 is 2.20 bits per heavy atom. The molecule has 0 spiro atoms. The molecule has 0 bridgehead atoms. The van der Waals surface area contributed by atoms with Crippen molar-refractivity contribution in [3.05, 3.63) is 35.4 Å². The molecule has 82 valence electrons. The highest BCUT2D eigenvalue weighted by Crippen LogP contribution is 2.40. The van der Waals surface area contributed by atoms with Gasteiger partial charge in [-0.2, -0.15) is 0 Å². The third-order valence-corrected chi connectivity index (χ3v) is 3.84. The number of nitrogens with two attached hydrogens (primary N) is 1. The van der Waals surface area contributed by atoms with E-state index in [0.717, 1.165) is 6.42 Å². The molecule has 0 aromatic heterocycles. The van der Waals surface area contributed by atoms with Crippen LogP contribution in [0.15, 0.2) is 24.3 Å². The fraction of sp³-hybridized carbons (Fsp3) is 0.538. The zero-order chi connectivity index (χ0) is 10.9. The van der Waals surface area contributed by atoms with Gasteiger partial charge < -0.3 is 11.1 Å². The normalized spacial score (nSPS) is 29.9. The van der Waals surface area contributed by atoms with Crippen molar-refractivity contribution in [2.75, 3.05) is 13.6 Å². The van der Waals surface area contributed by atoms with Crippen LogP contribution >= 0.6 is 0 Å². The second-order valence-electron chi connectivity index (χ2n) is 4.56. The summed E-state index contributed by atoms with van der Waals surface area (Å²) in [4.78, 5) is 0. The fourth-order valence-electron chi connectivity index (χ4n) is 2.69. The predicted molar refractivity (Wildman–Crippen MR) is 63.9 cm³/mol. The van der Waals surface area contributed by atoms with Crippen LogP contribution in [0.2, 0.25) is 0 Å². The second-order valence-corrected chi connectivity index (χ2v) is 4.56. The van der Waals surface area contributed by atoms with Crippen LogP contribution in [0.1, 0.15) is 36.8 Å². The Hall–Kier alpha value is -0.860. The molecule has 1 aliphatic rings. The molecule has 0 fully saturated rings. The molecular weight excluding hydrogens is 184 g/mol. The lowest BCUT2D eigenvalue weighted by Gasteiger charge is -2.40. The lowest BCUT2D eigenvalue weighted by atomic mass is 9.72. The highest BCUT2D eigenvalue weighted by atomic mass is 15.0. The maximum absolute atomic E-state index is 5.95. The van der Waals surface area contributed by atoms with E-state index < -0.39 is 0 Å². The molecule has 0 saturated heterocycles. The van der Waals surface area contributed by atoms with Gasteiger partial charge in [0.15, 0.2) is 0 Å². The third-order valence-electron chi connectivity index (χ3n) is 3.84.